The number of hydrogen-bond donors (Lipinski definition) is 1. The lowest BCUT2D eigenvalue weighted by atomic mass is 10.3. The van der Waals surface area contributed by atoms with Crippen molar-refractivity contribution in [1.82, 2.24) is 4.72 Å². The number of aryl methyl sites for hydroxylation is 1. The van der Waals surface area contributed by atoms with Gasteiger partial charge < -0.3 is 4.42 Å². The molecule has 1 heterocycles. The van der Waals surface area contributed by atoms with Gasteiger partial charge >= 0.3 is 0 Å². The number of rotatable bonds is 5. The molecule has 0 amide bonds. The summed E-state index contributed by atoms with van der Waals surface area (Å²) in [5, 5.41) is 0. The van der Waals surface area contributed by atoms with Crippen LogP contribution in [0.2, 0.25) is 0 Å². The summed E-state index contributed by atoms with van der Waals surface area (Å²) < 4.78 is 30.8. The van der Waals surface area contributed by atoms with Crippen LogP contribution in [-0.4, -0.2) is 14.2 Å². The summed E-state index contributed by atoms with van der Waals surface area (Å²) in [5.74, 6) is 1.58. The minimum Gasteiger partial charge on any atom is -0.465 e. The van der Waals surface area contributed by atoms with Crippen molar-refractivity contribution in [3.05, 3.63) is 23.7 Å². The lowest BCUT2D eigenvalue weighted by Gasteiger charge is -2.11. The van der Waals surface area contributed by atoms with Gasteiger partial charge in [0.05, 0.1) is 11.8 Å². The van der Waals surface area contributed by atoms with Gasteiger partial charge in [-0.1, -0.05) is 6.92 Å². The van der Waals surface area contributed by atoms with Crippen molar-refractivity contribution < 1.29 is 12.8 Å². The quantitative estimate of drug-likeness (QED) is 0.843. The molecule has 86 valence electrons. The van der Waals surface area contributed by atoms with E-state index in [-0.39, 0.29) is 11.8 Å². The highest BCUT2D eigenvalue weighted by Crippen LogP contribution is 2.16. The molecule has 0 aliphatic carbocycles. The smallest absolute Gasteiger partial charge is 0.212 e. The SMILES string of the molecule is CCCS(=O)(=O)NC(C)c1ccc(C)o1. The Bertz CT molecular complexity index is 408. The molecular formula is C10H17NO3S. The molecule has 1 unspecified atom stereocenters. The molecular weight excluding hydrogens is 214 g/mol. The van der Waals surface area contributed by atoms with E-state index >= 15 is 0 Å². The van der Waals surface area contributed by atoms with E-state index in [4.69, 9.17) is 4.42 Å². The summed E-state index contributed by atoms with van der Waals surface area (Å²) in [6.07, 6.45) is 0.610. The zero-order chi connectivity index (χ0) is 11.5. The molecule has 1 rings (SSSR count). The van der Waals surface area contributed by atoms with Crippen molar-refractivity contribution in [2.45, 2.75) is 33.2 Å². The molecule has 1 aromatic heterocycles. The van der Waals surface area contributed by atoms with Gasteiger partial charge in [-0.15, -0.1) is 0 Å². The van der Waals surface area contributed by atoms with E-state index in [2.05, 4.69) is 4.72 Å². The predicted molar refractivity (Wildman–Crippen MR) is 59.1 cm³/mol. The summed E-state index contributed by atoms with van der Waals surface area (Å²) in [7, 11) is -3.18. The van der Waals surface area contributed by atoms with Crippen LogP contribution in [0.4, 0.5) is 0 Å². The van der Waals surface area contributed by atoms with Gasteiger partial charge in [-0.3, -0.25) is 0 Å². The Hall–Kier alpha value is -0.810. The van der Waals surface area contributed by atoms with E-state index in [0.717, 1.165) is 5.76 Å². The maximum Gasteiger partial charge on any atom is 0.212 e. The molecule has 4 nitrogen and oxygen atoms in total. The molecule has 0 spiro atoms. The van der Waals surface area contributed by atoms with Crippen LogP contribution in [0.1, 0.15) is 37.8 Å². The molecule has 0 aromatic carbocycles. The summed E-state index contributed by atoms with van der Waals surface area (Å²) in [6, 6.07) is 3.30. The van der Waals surface area contributed by atoms with E-state index in [9.17, 15) is 8.42 Å². The minimum absolute atomic E-state index is 0.150. The van der Waals surface area contributed by atoms with Crippen molar-refractivity contribution in [2.75, 3.05) is 5.75 Å². The maximum atomic E-state index is 11.5. The third-order valence-electron chi connectivity index (χ3n) is 2.02. The van der Waals surface area contributed by atoms with E-state index < -0.39 is 10.0 Å². The highest BCUT2D eigenvalue weighted by molar-refractivity contribution is 7.89. The Balaban J connectivity index is 2.67. The standard InChI is InChI=1S/C10H17NO3S/c1-4-7-15(12,13)11-9(3)10-6-5-8(2)14-10/h5-6,9,11H,4,7H2,1-3H3. The lowest BCUT2D eigenvalue weighted by molar-refractivity contribution is 0.441. The first-order valence-corrected chi connectivity index (χ1v) is 6.66. The predicted octanol–water partition coefficient (Wildman–Crippen LogP) is 1.98. The third-order valence-corrected chi connectivity index (χ3v) is 3.68. The molecule has 0 aliphatic heterocycles. The molecule has 0 fully saturated rings. The molecule has 0 saturated heterocycles. The third kappa shape index (κ3) is 3.68. The number of sulfonamides is 1. The minimum atomic E-state index is -3.18. The van der Waals surface area contributed by atoms with Crippen LogP contribution < -0.4 is 4.72 Å². The second-order valence-corrected chi connectivity index (χ2v) is 5.48. The van der Waals surface area contributed by atoms with Crippen LogP contribution in [0.15, 0.2) is 16.5 Å². The summed E-state index contributed by atoms with van der Waals surface area (Å²) >= 11 is 0. The van der Waals surface area contributed by atoms with Crippen molar-refractivity contribution in [1.29, 1.82) is 0 Å². The summed E-state index contributed by atoms with van der Waals surface area (Å²) in [5.41, 5.74) is 0. The topological polar surface area (TPSA) is 59.3 Å². The van der Waals surface area contributed by atoms with Gasteiger partial charge in [0.15, 0.2) is 0 Å². The lowest BCUT2D eigenvalue weighted by Crippen LogP contribution is -2.28. The number of hydrogen-bond acceptors (Lipinski definition) is 3. The number of furan rings is 1. The normalized spacial score (nSPS) is 14.1. The Labute approximate surface area is 90.7 Å². The number of nitrogens with one attached hydrogen (secondary N) is 1. The molecule has 15 heavy (non-hydrogen) atoms. The summed E-state index contributed by atoms with van der Waals surface area (Å²) in [6.45, 7) is 5.43. The van der Waals surface area contributed by atoms with Crippen LogP contribution in [0.5, 0.6) is 0 Å². The van der Waals surface area contributed by atoms with Crippen molar-refractivity contribution in [3.63, 3.8) is 0 Å². The van der Waals surface area contributed by atoms with Gasteiger partial charge in [-0.05, 0) is 32.4 Å². The van der Waals surface area contributed by atoms with Crippen LogP contribution in [0.25, 0.3) is 0 Å². The highest BCUT2D eigenvalue weighted by atomic mass is 32.2. The van der Waals surface area contributed by atoms with Crippen molar-refractivity contribution >= 4 is 10.0 Å². The zero-order valence-electron chi connectivity index (χ0n) is 9.28. The monoisotopic (exact) mass is 231 g/mol. The summed E-state index contributed by atoms with van der Waals surface area (Å²) in [4.78, 5) is 0. The largest absolute Gasteiger partial charge is 0.465 e. The van der Waals surface area contributed by atoms with Gasteiger partial charge in [0, 0.05) is 0 Å². The first kappa shape index (κ1) is 12.3. The van der Waals surface area contributed by atoms with Crippen LogP contribution in [0, 0.1) is 6.92 Å². The Morgan fingerprint density at radius 3 is 2.60 bits per heavy atom. The van der Waals surface area contributed by atoms with E-state index in [1.165, 1.54) is 0 Å². The first-order chi connectivity index (χ1) is 6.94. The Kier molecular flexibility index (Phi) is 3.93. The van der Waals surface area contributed by atoms with E-state index in [1.54, 1.807) is 13.0 Å². The Morgan fingerprint density at radius 1 is 1.47 bits per heavy atom. The molecule has 0 radical (unpaired) electrons. The van der Waals surface area contributed by atoms with Crippen molar-refractivity contribution in [2.24, 2.45) is 0 Å². The second kappa shape index (κ2) is 4.81. The Morgan fingerprint density at radius 2 is 2.13 bits per heavy atom. The fourth-order valence-corrected chi connectivity index (χ4v) is 2.65. The fraction of sp³-hybridized carbons (Fsp3) is 0.600. The first-order valence-electron chi connectivity index (χ1n) is 5.01. The van der Waals surface area contributed by atoms with Crippen molar-refractivity contribution in [3.8, 4) is 0 Å². The molecule has 5 heteroatoms. The molecule has 1 aromatic rings. The van der Waals surface area contributed by atoms with Crippen LogP contribution >= 0.6 is 0 Å². The van der Waals surface area contributed by atoms with Gasteiger partial charge in [0.2, 0.25) is 10.0 Å². The highest BCUT2D eigenvalue weighted by Gasteiger charge is 2.16. The van der Waals surface area contributed by atoms with Gasteiger partial charge in [0.1, 0.15) is 11.5 Å². The molecule has 0 aliphatic rings. The zero-order valence-corrected chi connectivity index (χ0v) is 10.1. The molecule has 0 bridgehead atoms. The van der Waals surface area contributed by atoms with E-state index in [1.807, 2.05) is 19.9 Å². The molecule has 0 saturated carbocycles. The van der Waals surface area contributed by atoms with E-state index in [0.29, 0.717) is 12.2 Å². The fourth-order valence-electron chi connectivity index (χ4n) is 1.34. The molecule has 1 N–H and O–H groups in total. The maximum absolute atomic E-state index is 11.5. The average Bonchev–Trinajstić information content (AvgIpc) is 2.50. The van der Waals surface area contributed by atoms with Gasteiger partial charge in [-0.2, -0.15) is 0 Å². The van der Waals surface area contributed by atoms with Crippen LogP contribution in [0.3, 0.4) is 0 Å². The molecule has 1 atom stereocenters. The van der Waals surface area contributed by atoms with Gasteiger partial charge in [0.25, 0.3) is 0 Å². The van der Waals surface area contributed by atoms with Gasteiger partial charge in [-0.25, -0.2) is 13.1 Å². The average molecular weight is 231 g/mol. The second-order valence-electron chi connectivity index (χ2n) is 3.61. The van der Waals surface area contributed by atoms with Crippen LogP contribution in [-0.2, 0) is 10.0 Å².